The summed E-state index contributed by atoms with van der Waals surface area (Å²) in [4.78, 5) is 11.8. The Labute approximate surface area is 173 Å². The van der Waals surface area contributed by atoms with Crippen LogP contribution in [0.25, 0.3) is 0 Å². The molecular formula is C19H24FN5O4S. The summed E-state index contributed by atoms with van der Waals surface area (Å²) in [6, 6.07) is 4.45. The van der Waals surface area contributed by atoms with Crippen molar-refractivity contribution in [2.75, 3.05) is 10.0 Å². The van der Waals surface area contributed by atoms with Crippen molar-refractivity contribution in [3.63, 3.8) is 0 Å². The lowest BCUT2D eigenvalue weighted by molar-refractivity contribution is 0.0981. The molecule has 0 bridgehead atoms. The minimum Gasteiger partial charge on any atom is -0.446 e. The molecule has 1 fully saturated rings. The molecule has 1 aliphatic carbocycles. The van der Waals surface area contributed by atoms with Gasteiger partial charge in [0.2, 0.25) is 10.0 Å². The summed E-state index contributed by atoms with van der Waals surface area (Å²) in [5.41, 5.74) is 1.80. The fraction of sp³-hybridized carbons (Fsp3) is 0.474. The molecule has 0 saturated heterocycles. The van der Waals surface area contributed by atoms with E-state index >= 15 is 0 Å². The van der Waals surface area contributed by atoms with E-state index in [0.717, 1.165) is 24.6 Å². The van der Waals surface area contributed by atoms with Gasteiger partial charge in [-0.2, -0.15) is 5.10 Å². The van der Waals surface area contributed by atoms with Crippen molar-refractivity contribution in [3.05, 3.63) is 35.3 Å². The number of H-pyrrole nitrogens is 1. The topological polar surface area (TPSA) is 125 Å². The number of sulfonamides is 1. The van der Waals surface area contributed by atoms with Gasteiger partial charge in [-0.1, -0.05) is 0 Å². The zero-order chi connectivity index (χ0) is 21.5. The van der Waals surface area contributed by atoms with Crippen molar-refractivity contribution in [2.24, 2.45) is 0 Å². The van der Waals surface area contributed by atoms with Gasteiger partial charge in [-0.3, -0.25) is 9.82 Å². The van der Waals surface area contributed by atoms with Crippen molar-refractivity contribution in [1.29, 1.82) is 0 Å². The van der Waals surface area contributed by atoms with Crippen molar-refractivity contribution in [3.8, 4) is 0 Å². The molecule has 1 aromatic carbocycles. The van der Waals surface area contributed by atoms with Crippen LogP contribution in [0.4, 0.5) is 26.4 Å². The molecule has 0 radical (unpaired) electrons. The highest BCUT2D eigenvalue weighted by atomic mass is 32.2. The van der Waals surface area contributed by atoms with Gasteiger partial charge in [0.1, 0.15) is 11.9 Å². The zero-order valence-corrected chi connectivity index (χ0v) is 17.5. The summed E-state index contributed by atoms with van der Waals surface area (Å²) in [5.74, 6) is -0.172. The first-order valence-corrected chi connectivity index (χ1v) is 11.5. The first-order valence-electron chi connectivity index (χ1n) is 9.81. The van der Waals surface area contributed by atoms with Gasteiger partial charge in [0.25, 0.3) is 0 Å². The molecule has 162 valence electrons. The number of hydrogen-bond acceptors (Lipinski definition) is 6. The highest BCUT2D eigenvalue weighted by Gasteiger charge is 2.30. The monoisotopic (exact) mass is 437 g/mol. The Morgan fingerprint density at radius 2 is 2.10 bits per heavy atom. The molecule has 0 spiro atoms. The van der Waals surface area contributed by atoms with Crippen LogP contribution in [-0.2, 0) is 20.5 Å². The second kappa shape index (κ2) is 7.78. The third kappa shape index (κ3) is 4.50. The Kier molecular flexibility index (Phi) is 5.31. The van der Waals surface area contributed by atoms with E-state index in [1.807, 2.05) is 13.8 Å². The van der Waals surface area contributed by atoms with Gasteiger partial charge >= 0.3 is 6.09 Å². The van der Waals surface area contributed by atoms with E-state index in [0.29, 0.717) is 17.8 Å². The quantitative estimate of drug-likeness (QED) is 0.569. The van der Waals surface area contributed by atoms with Crippen LogP contribution in [0.15, 0.2) is 18.2 Å². The van der Waals surface area contributed by atoms with E-state index in [-0.39, 0.29) is 35.2 Å². The maximum Gasteiger partial charge on any atom is 0.407 e. The number of nitrogens with one attached hydrogen (secondary N) is 4. The highest BCUT2D eigenvalue weighted by molar-refractivity contribution is 7.92. The zero-order valence-electron chi connectivity index (χ0n) is 16.7. The number of fused-ring (bicyclic) bond motifs is 1. The number of hydrogen-bond donors (Lipinski definition) is 4. The molecule has 2 aromatic rings. The van der Waals surface area contributed by atoms with E-state index in [1.54, 1.807) is 6.07 Å². The number of halogens is 1. The second-order valence-corrected chi connectivity index (χ2v) is 9.74. The molecule has 4 rings (SSSR count). The van der Waals surface area contributed by atoms with E-state index in [4.69, 9.17) is 4.74 Å². The molecule has 1 amide bonds. The molecule has 2 heterocycles. The molecule has 4 N–H and O–H groups in total. The van der Waals surface area contributed by atoms with E-state index in [2.05, 4.69) is 25.6 Å². The molecule has 1 aromatic heterocycles. The van der Waals surface area contributed by atoms with Crippen LogP contribution >= 0.6 is 0 Å². The normalized spacial score (nSPS) is 21.9. The standard InChI is InChI=1S/C19H24FN5O4S/c1-10(2)21-19(26)29-13-4-3-11(5-13)15-8-18(24-23-15)22-17-6-12-9-30(27,28)25-16(12)7-14(17)20/h6-8,10-11,13,25H,3-5,9H2,1-2H3,(H,21,26)(H2,22,23,24). The van der Waals surface area contributed by atoms with Crippen LogP contribution in [0, 0.1) is 5.82 Å². The number of rotatable bonds is 5. The van der Waals surface area contributed by atoms with Crippen molar-refractivity contribution >= 4 is 33.3 Å². The van der Waals surface area contributed by atoms with Crippen LogP contribution in [-0.4, -0.2) is 36.9 Å². The van der Waals surface area contributed by atoms with Crippen molar-refractivity contribution in [2.45, 2.75) is 56.9 Å². The van der Waals surface area contributed by atoms with Crippen LogP contribution in [0.3, 0.4) is 0 Å². The number of anilines is 3. The van der Waals surface area contributed by atoms with Gasteiger partial charge in [-0.05, 0) is 44.7 Å². The van der Waals surface area contributed by atoms with Crippen LogP contribution in [0.1, 0.15) is 50.3 Å². The lowest BCUT2D eigenvalue weighted by Gasteiger charge is -2.14. The summed E-state index contributed by atoms with van der Waals surface area (Å²) in [5, 5.41) is 12.8. The fourth-order valence-electron chi connectivity index (χ4n) is 3.84. The number of aromatic amines is 1. The summed E-state index contributed by atoms with van der Waals surface area (Å²) < 4.78 is 45.4. The molecular weight excluding hydrogens is 413 g/mol. The predicted octanol–water partition coefficient (Wildman–Crippen LogP) is 3.32. The summed E-state index contributed by atoms with van der Waals surface area (Å²) >= 11 is 0. The van der Waals surface area contributed by atoms with Gasteiger partial charge in [0, 0.05) is 29.8 Å². The first kappa shape index (κ1) is 20.5. The number of aromatic nitrogens is 2. The maximum atomic E-state index is 14.4. The number of carbonyl (C=O) groups is 1. The van der Waals surface area contributed by atoms with Crippen LogP contribution in [0.5, 0.6) is 0 Å². The molecule has 9 nitrogen and oxygen atoms in total. The SMILES string of the molecule is CC(C)NC(=O)OC1CCC(c2cc(Nc3cc4c(cc3F)NS(=O)(=O)C4)n[nH]2)C1. The molecule has 1 saturated carbocycles. The largest absolute Gasteiger partial charge is 0.446 e. The number of amides is 1. The van der Waals surface area contributed by atoms with Gasteiger partial charge in [-0.25, -0.2) is 17.6 Å². The van der Waals surface area contributed by atoms with Gasteiger partial charge < -0.3 is 15.4 Å². The third-order valence-electron chi connectivity index (χ3n) is 5.17. The Hall–Kier alpha value is -2.82. The lowest BCUT2D eigenvalue weighted by Crippen LogP contribution is -2.33. The average molecular weight is 437 g/mol. The van der Waals surface area contributed by atoms with Crippen molar-refractivity contribution in [1.82, 2.24) is 15.5 Å². The van der Waals surface area contributed by atoms with E-state index < -0.39 is 21.9 Å². The van der Waals surface area contributed by atoms with Gasteiger partial charge in [0.15, 0.2) is 5.82 Å². The van der Waals surface area contributed by atoms with Gasteiger partial charge in [0.05, 0.1) is 17.1 Å². The number of nitrogens with zero attached hydrogens (tertiary/aromatic N) is 1. The third-order valence-corrected chi connectivity index (χ3v) is 6.39. The van der Waals surface area contributed by atoms with E-state index in [9.17, 15) is 17.6 Å². The number of ether oxygens (including phenoxy) is 1. The summed E-state index contributed by atoms with van der Waals surface area (Å²) in [6.07, 6.45) is 1.73. The van der Waals surface area contributed by atoms with Crippen LogP contribution in [0.2, 0.25) is 0 Å². The molecule has 1 aliphatic heterocycles. The Morgan fingerprint density at radius 3 is 2.87 bits per heavy atom. The second-order valence-electron chi connectivity index (χ2n) is 8.02. The molecule has 2 unspecified atom stereocenters. The molecule has 2 atom stereocenters. The predicted molar refractivity (Wildman–Crippen MR) is 110 cm³/mol. The summed E-state index contributed by atoms with van der Waals surface area (Å²) in [7, 11) is -3.45. The Balaban J connectivity index is 1.39. The fourth-order valence-corrected chi connectivity index (χ4v) is 5.08. The average Bonchev–Trinajstić information content (AvgIpc) is 3.32. The smallest absolute Gasteiger partial charge is 0.407 e. The Bertz CT molecular complexity index is 1070. The van der Waals surface area contributed by atoms with Crippen LogP contribution < -0.4 is 15.4 Å². The highest BCUT2D eigenvalue weighted by Crippen LogP contribution is 2.37. The van der Waals surface area contributed by atoms with E-state index in [1.165, 1.54) is 6.07 Å². The summed E-state index contributed by atoms with van der Waals surface area (Å²) in [6.45, 7) is 3.74. The van der Waals surface area contributed by atoms with Crippen molar-refractivity contribution < 1.29 is 22.3 Å². The minimum atomic E-state index is -3.45. The van der Waals surface area contributed by atoms with Gasteiger partial charge in [-0.15, -0.1) is 0 Å². The maximum absolute atomic E-state index is 14.4. The molecule has 2 aliphatic rings. The minimum absolute atomic E-state index is 0.0199. The number of alkyl carbamates (subject to hydrolysis) is 1. The lowest BCUT2D eigenvalue weighted by atomic mass is 10.0. The molecule has 30 heavy (non-hydrogen) atoms. The Morgan fingerprint density at radius 1 is 1.30 bits per heavy atom. The number of benzene rings is 1. The first-order chi connectivity index (χ1) is 14.2. The number of carbonyl (C=O) groups excluding carboxylic acids is 1. The molecule has 11 heteroatoms.